The molecule has 0 saturated carbocycles. The second kappa shape index (κ2) is 5.90. The third kappa shape index (κ3) is 2.53. The molecule has 0 aliphatic rings. The lowest BCUT2D eigenvalue weighted by Crippen LogP contribution is -2.20. The molecule has 3 heteroatoms. The molecule has 0 unspecified atom stereocenters. The number of pyridine rings is 1. The van der Waals surface area contributed by atoms with E-state index in [-0.39, 0.29) is 5.56 Å². The van der Waals surface area contributed by atoms with E-state index in [1.807, 2.05) is 55.5 Å². The normalized spacial score (nSPS) is 10.6. The highest BCUT2D eigenvalue weighted by Gasteiger charge is 2.09. The minimum atomic E-state index is -0.0368. The van der Waals surface area contributed by atoms with Gasteiger partial charge in [-0.2, -0.15) is 0 Å². The number of hydrogen-bond donors (Lipinski definition) is 0. The van der Waals surface area contributed by atoms with Crippen LogP contribution in [0.25, 0.3) is 16.5 Å². The molecule has 1 heterocycles. The van der Waals surface area contributed by atoms with Crippen LogP contribution in [0.5, 0.6) is 5.75 Å². The standard InChI is InChI=1S/C19H17NO2/c1-3-11-22-17-10-9-15-12-14(2)20(19(21)18(15)13-17)16-7-5-4-6-8-16/h3-10,12-13H,1,11H2,2H3. The van der Waals surface area contributed by atoms with Gasteiger partial charge in [-0.15, -0.1) is 0 Å². The van der Waals surface area contributed by atoms with Gasteiger partial charge in [-0.3, -0.25) is 9.36 Å². The summed E-state index contributed by atoms with van der Waals surface area (Å²) >= 11 is 0. The third-order valence-corrected chi connectivity index (χ3v) is 3.56. The Hall–Kier alpha value is -2.81. The van der Waals surface area contributed by atoms with Gasteiger partial charge in [0.2, 0.25) is 0 Å². The van der Waals surface area contributed by atoms with Gasteiger partial charge in [0.15, 0.2) is 0 Å². The van der Waals surface area contributed by atoms with Crippen molar-refractivity contribution in [3.63, 3.8) is 0 Å². The largest absolute Gasteiger partial charge is 0.490 e. The van der Waals surface area contributed by atoms with Gasteiger partial charge in [0.25, 0.3) is 5.56 Å². The van der Waals surface area contributed by atoms with E-state index in [1.54, 1.807) is 16.7 Å². The molecule has 22 heavy (non-hydrogen) atoms. The van der Waals surface area contributed by atoms with E-state index in [4.69, 9.17) is 4.74 Å². The monoisotopic (exact) mass is 291 g/mol. The summed E-state index contributed by atoms with van der Waals surface area (Å²) in [7, 11) is 0. The van der Waals surface area contributed by atoms with Crippen LogP contribution in [0.2, 0.25) is 0 Å². The molecule has 3 rings (SSSR count). The zero-order valence-corrected chi connectivity index (χ0v) is 12.5. The molecule has 0 aliphatic heterocycles. The third-order valence-electron chi connectivity index (χ3n) is 3.56. The maximum Gasteiger partial charge on any atom is 0.263 e. The van der Waals surface area contributed by atoms with Crippen molar-refractivity contribution >= 4 is 10.8 Å². The number of fused-ring (bicyclic) bond motifs is 1. The summed E-state index contributed by atoms with van der Waals surface area (Å²) in [6.45, 7) is 5.99. The Kier molecular flexibility index (Phi) is 3.79. The van der Waals surface area contributed by atoms with Crippen molar-refractivity contribution in [2.24, 2.45) is 0 Å². The van der Waals surface area contributed by atoms with E-state index >= 15 is 0 Å². The number of nitrogens with zero attached hydrogens (tertiary/aromatic N) is 1. The van der Waals surface area contributed by atoms with Crippen LogP contribution in [-0.4, -0.2) is 11.2 Å². The lowest BCUT2D eigenvalue weighted by atomic mass is 10.1. The SMILES string of the molecule is C=CCOc1ccc2cc(C)n(-c3ccccc3)c(=O)c2c1. The molecule has 3 aromatic rings. The Balaban J connectivity index is 2.22. The summed E-state index contributed by atoms with van der Waals surface area (Å²) in [4.78, 5) is 12.9. The van der Waals surface area contributed by atoms with Gasteiger partial charge in [0.1, 0.15) is 12.4 Å². The molecule has 0 fully saturated rings. The van der Waals surface area contributed by atoms with Crippen molar-refractivity contribution in [3.8, 4) is 11.4 Å². The van der Waals surface area contributed by atoms with Crippen LogP contribution in [0.4, 0.5) is 0 Å². The fourth-order valence-electron chi connectivity index (χ4n) is 2.56. The van der Waals surface area contributed by atoms with Crippen LogP contribution in [0.1, 0.15) is 5.69 Å². The summed E-state index contributed by atoms with van der Waals surface area (Å²) in [6.07, 6.45) is 1.68. The maximum atomic E-state index is 12.9. The van der Waals surface area contributed by atoms with Crippen LogP contribution in [0.3, 0.4) is 0 Å². The molecule has 0 amide bonds. The highest BCUT2D eigenvalue weighted by atomic mass is 16.5. The lowest BCUT2D eigenvalue weighted by molar-refractivity contribution is 0.364. The summed E-state index contributed by atoms with van der Waals surface area (Å²) in [5.74, 6) is 0.674. The summed E-state index contributed by atoms with van der Waals surface area (Å²) in [5.41, 5.74) is 1.73. The Morgan fingerprint density at radius 1 is 1.14 bits per heavy atom. The number of hydrogen-bond acceptors (Lipinski definition) is 2. The molecule has 1 aromatic heterocycles. The minimum absolute atomic E-state index is 0.0368. The first-order valence-electron chi connectivity index (χ1n) is 7.16. The second-order valence-corrected chi connectivity index (χ2v) is 5.11. The zero-order chi connectivity index (χ0) is 15.5. The van der Waals surface area contributed by atoms with E-state index in [1.165, 1.54) is 0 Å². The Morgan fingerprint density at radius 2 is 1.91 bits per heavy atom. The molecule has 110 valence electrons. The molecule has 0 atom stereocenters. The number of aromatic nitrogens is 1. The first kappa shape index (κ1) is 14.1. The number of ether oxygens (including phenoxy) is 1. The first-order valence-corrected chi connectivity index (χ1v) is 7.16. The van der Waals surface area contributed by atoms with E-state index in [0.29, 0.717) is 17.7 Å². The van der Waals surface area contributed by atoms with Crippen molar-refractivity contribution in [3.05, 3.63) is 83.3 Å². The second-order valence-electron chi connectivity index (χ2n) is 5.11. The van der Waals surface area contributed by atoms with Crippen LogP contribution in [-0.2, 0) is 0 Å². The molecule has 0 N–H and O–H groups in total. The molecule has 0 spiro atoms. The van der Waals surface area contributed by atoms with Crippen molar-refractivity contribution < 1.29 is 4.74 Å². The van der Waals surface area contributed by atoms with E-state index in [0.717, 1.165) is 16.8 Å². The molecule has 0 saturated heterocycles. The zero-order valence-electron chi connectivity index (χ0n) is 12.5. The number of aryl methyl sites for hydroxylation is 1. The quantitative estimate of drug-likeness (QED) is 0.683. The molecule has 2 aromatic carbocycles. The predicted octanol–water partition coefficient (Wildman–Crippen LogP) is 3.86. The van der Waals surface area contributed by atoms with E-state index < -0.39 is 0 Å². The van der Waals surface area contributed by atoms with Gasteiger partial charge in [0.05, 0.1) is 5.39 Å². The van der Waals surface area contributed by atoms with Crippen molar-refractivity contribution in [1.29, 1.82) is 0 Å². The van der Waals surface area contributed by atoms with Crippen molar-refractivity contribution in [2.45, 2.75) is 6.92 Å². The average molecular weight is 291 g/mol. The molecule has 3 nitrogen and oxygen atoms in total. The predicted molar refractivity (Wildman–Crippen MR) is 90.0 cm³/mol. The van der Waals surface area contributed by atoms with E-state index in [9.17, 15) is 4.79 Å². The van der Waals surface area contributed by atoms with Crippen molar-refractivity contribution in [2.75, 3.05) is 6.61 Å². The fourth-order valence-corrected chi connectivity index (χ4v) is 2.56. The Labute approximate surface area is 129 Å². The number of benzene rings is 2. The fraction of sp³-hybridized carbons (Fsp3) is 0.105. The summed E-state index contributed by atoms with van der Waals surface area (Å²) in [5, 5.41) is 1.57. The van der Waals surface area contributed by atoms with Crippen molar-refractivity contribution in [1.82, 2.24) is 4.57 Å². The highest BCUT2D eigenvalue weighted by Crippen LogP contribution is 2.20. The molecule has 0 radical (unpaired) electrons. The molecular formula is C19H17NO2. The van der Waals surface area contributed by atoms with Gasteiger partial charge in [0, 0.05) is 11.4 Å². The van der Waals surface area contributed by atoms with Gasteiger partial charge in [-0.05, 0) is 42.6 Å². The topological polar surface area (TPSA) is 31.2 Å². The Morgan fingerprint density at radius 3 is 2.64 bits per heavy atom. The Bertz CT molecular complexity index is 879. The number of para-hydroxylation sites is 1. The molecule has 0 aliphatic carbocycles. The average Bonchev–Trinajstić information content (AvgIpc) is 2.54. The van der Waals surface area contributed by atoms with Crippen LogP contribution in [0, 0.1) is 6.92 Å². The maximum absolute atomic E-state index is 12.9. The number of rotatable bonds is 4. The smallest absolute Gasteiger partial charge is 0.263 e. The van der Waals surface area contributed by atoms with Gasteiger partial charge in [-0.25, -0.2) is 0 Å². The molecule has 0 bridgehead atoms. The molecular weight excluding hydrogens is 274 g/mol. The lowest BCUT2D eigenvalue weighted by Gasteiger charge is -2.12. The van der Waals surface area contributed by atoms with Crippen LogP contribution < -0.4 is 10.3 Å². The van der Waals surface area contributed by atoms with Gasteiger partial charge < -0.3 is 4.74 Å². The van der Waals surface area contributed by atoms with Crippen LogP contribution >= 0.6 is 0 Å². The van der Waals surface area contributed by atoms with Crippen LogP contribution in [0.15, 0.2) is 72.0 Å². The highest BCUT2D eigenvalue weighted by molar-refractivity contribution is 5.83. The van der Waals surface area contributed by atoms with E-state index in [2.05, 4.69) is 6.58 Å². The first-order chi connectivity index (χ1) is 10.7. The van der Waals surface area contributed by atoms with Gasteiger partial charge >= 0.3 is 0 Å². The minimum Gasteiger partial charge on any atom is -0.490 e. The summed E-state index contributed by atoms with van der Waals surface area (Å²) < 4.78 is 7.25. The summed E-state index contributed by atoms with van der Waals surface area (Å²) in [6, 6.07) is 17.2. The van der Waals surface area contributed by atoms with Gasteiger partial charge in [-0.1, -0.05) is 36.9 Å².